The van der Waals surface area contributed by atoms with E-state index in [1.165, 1.54) is 0 Å². The number of ketones is 1. The van der Waals surface area contributed by atoms with Crippen LogP contribution in [0.2, 0.25) is 0 Å². The van der Waals surface area contributed by atoms with Crippen LogP contribution in [-0.2, 0) is 4.79 Å². The van der Waals surface area contributed by atoms with Gasteiger partial charge in [0.2, 0.25) is 0 Å². The molecule has 0 aliphatic rings. The summed E-state index contributed by atoms with van der Waals surface area (Å²) in [5, 5.41) is 0. The first-order chi connectivity index (χ1) is 5.22. The Morgan fingerprint density at radius 1 is 1.64 bits per heavy atom. The first-order valence-corrected chi connectivity index (χ1v) is 3.84. The average molecular weight is 153 g/mol. The van der Waals surface area contributed by atoms with Gasteiger partial charge in [-0.1, -0.05) is 6.92 Å². The zero-order valence-electron chi connectivity index (χ0n) is 7.18. The molecular formula is C9H15NO. The largest absolute Gasteiger partial charge is 0.330 e. The third-order valence-corrected chi connectivity index (χ3v) is 1.58. The van der Waals surface area contributed by atoms with E-state index >= 15 is 0 Å². The first-order valence-electron chi connectivity index (χ1n) is 3.84. The molecule has 2 heteroatoms. The molecule has 0 radical (unpaired) electrons. The number of Topliss-reactive ketones (excluding diaryl/α,β-unsaturated/α-hetero) is 1. The lowest BCUT2D eigenvalue weighted by atomic mass is 10.0. The van der Waals surface area contributed by atoms with Crippen LogP contribution in [0.3, 0.4) is 0 Å². The topological polar surface area (TPSA) is 43.1 Å². The number of nitrogens with two attached hydrogens (primary N) is 1. The Balaban J connectivity index is 3.57. The minimum Gasteiger partial charge on any atom is -0.330 e. The molecule has 11 heavy (non-hydrogen) atoms. The van der Waals surface area contributed by atoms with Crippen molar-refractivity contribution in [3.8, 4) is 11.8 Å². The fourth-order valence-corrected chi connectivity index (χ4v) is 0.689. The molecule has 2 nitrogen and oxygen atoms in total. The van der Waals surface area contributed by atoms with Crippen molar-refractivity contribution in [1.29, 1.82) is 0 Å². The number of carbonyl (C=O) groups is 1. The van der Waals surface area contributed by atoms with Gasteiger partial charge in [0, 0.05) is 25.3 Å². The van der Waals surface area contributed by atoms with Crippen molar-refractivity contribution in [2.24, 2.45) is 11.7 Å². The number of carbonyl (C=O) groups excluding carboxylic acids is 1. The zero-order chi connectivity index (χ0) is 8.69. The van der Waals surface area contributed by atoms with Crippen LogP contribution in [0.15, 0.2) is 0 Å². The molecule has 1 atom stereocenters. The highest BCUT2D eigenvalue weighted by Crippen LogP contribution is 2.00. The third-order valence-electron chi connectivity index (χ3n) is 1.58. The van der Waals surface area contributed by atoms with Gasteiger partial charge in [-0.15, -0.1) is 11.8 Å². The fourth-order valence-electron chi connectivity index (χ4n) is 0.689. The summed E-state index contributed by atoms with van der Waals surface area (Å²) in [6, 6.07) is 0. The number of hydrogen-bond donors (Lipinski definition) is 1. The van der Waals surface area contributed by atoms with Gasteiger partial charge in [0.1, 0.15) is 5.78 Å². The van der Waals surface area contributed by atoms with Crippen molar-refractivity contribution in [3.05, 3.63) is 0 Å². The van der Waals surface area contributed by atoms with Crippen LogP contribution in [0, 0.1) is 17.8 Å². The van der Waals surface area contributed by atoms with Gasteiger partial charge < -0.3 is 5.73 Å². The van der Waals surface area contributed by atoms with Crippen LogP contribution >= 0.6 is 0 Å². The Hall–Kier alpha value is -0.810. The quantitative estimate of drug-likeness (QED) is 0.611. The lowest BCUT2D eigenvalue weighted by molar-refractivity contribution is -0.121. The second-order valence-corrected chi connectivity index (χ2v) is 2.53. The fraction of sp³-hybridized carbons (Fsp3) is 0.667. The van der Waals surface area contributed by atoms with Gasteiger partial charge in [-0.3, -0.25) is 4.79 Å². The van der Waals surface area contributed by atoms with Crippen molar-refractivity contribution >= 4 is 5.78 Å². The smallest absolute Gasteiger partial charge is 0.137 e. The summed E-state index contributed by atoms with van der Waals surface area (Å²) in [5.41, 5.74) is 5.32. The predicted octanol–water partition coefficient (Wildman–Crippen LogP) is 0.954. The molecule has 0 aromatic carbocycles. The highest BCUT2D eigenvalue weighted by Gasteiger charge is 2.08. The molecular weight excluding hydrogens is 138 g/mol. The summed E-state index contributed by atoms with van der Waals surface area (Å²) >= 11 is 0. The highest BCUT2D eigenvalue weighted by molar-refractivity contribution is 5.81. The van der Waals surface area contributed by atoms with Gasteiger partial charge in [-0.2, -0.15) is 0 Å². The molecule has 2 N–H and O–H groups in total. The van der Waals surface area contributed by atoms with E-state index in [4.69, 9.17) is 5.73 Å². The zero-order valence-corrected chi connectivity index (χ0v) is 7.18. The van der Waals surface area contributed by atoms with Crippen LogP contribution in [0.4, 0.5) is 0 Å². The van der Waals surface area contributed by atoms with Crippen LogP contribution in [-0.4, -0.2) is 12.3 Å². The van der Waals surface area contributed by atoms with E-state index in [1.807, 2.05) is 6.92 Å². The van der Waals surface area contributed by atoms with Crippen LogP contribution in [0.5, 0.6) is 0 Å². The maximum Gasteiger partial charge on any atom is 0.137 e. The van der Waals surface area contributed by atoms with E-state index in [1.54, 1.807) is 6.92 Å². The third kappa shape index (κ3) is 4.58. The summed E-state index contributed by atoms with van der Waals surface area (Å²) in [6.45, 7) is 4.07. The number of rotatable bonds is 4. The van der Waals surface area contributed by atoms with Gasteiger partial charge in [-0.25, -0.2) is 0 Å². The molecule has 0 saturated carbocycles. The second-order valence-electron chi connectivity index (χ2n) is 2.53. The molecule has 0 rings (SSSR count). The van der Waals surface area contributed by atoms with Crippen LogP contribution in [0.1, 0.15) is 26.7 Å². The van der Waals surface area contributed by atoms with E-state index in [2.05, 4.69) is 11.8 Å². The monoisotopic (exact) mass is 153 g/mol. The maximum absolute atomic E-state index is 11.1. The van der Waals surface area contributed by atoms with Crippen molar-refractivity contribution < 1.29 is 4.79 Å². The van der Waals surface area contributed by atoms with E-state index in [9.17, 15) is 4.79 Å². The molecule has 0 spiro atoms. The van der Waals surface area contributed by atoms with Gasteiger partial charge >= 0.3 is 0 Å². The summed E-state index contributed by atoms with van der Waals surface area (Å²) in [4.78, 5) is 11.1. The lowest BCUT2D eigenvalue weighted by Gasteiger charge is -2.03. The molecule has 0 heterocycles. The van der Waals surface area contributed by atoms with Gasteiger partial charge in [0.15, 0.2) is 0 Å². The maximum atomic E-state index is 11.1. The number of hydrogen-bond acceptors (Lipinski definition) is 2. The Bertz CT molecular complexity index is 176. The molecule has 0 aliphatic carbocycles. The van der Waals surface area contributed by atoms with E-state index in [0.29, 0.717) is 19.4 Å². The summed E-state index contributed by atoms with van der Waals surface area (Å²) in [7, 11) is 0. The predicted molar refractivity (Wildman–Crippen MR) is 45.9 cm³/mol. The molecule has 0 bridgehead atoms. The van der Waals surface area contributed by atoms with E-state index in [0.717, 1.165) is 0 Å². The Morgan fingerprint density at radius 2 is 2.27 bits per heavy atom. The van der Waals surface area contributed by atoms with Crippen molar-refractivity contribution in [3.63, 3.8) is 0 Å². The molecule has 0 aliphatic heterocycles. The van der Waals surface area contributed by atoms with E-state index < -0.39 is 0 Å². The van der Waals surface area contributed by atoms with Crippen molar-refractivity contribution in [1.82, 2.24) is 0 Å². The highest BCUT2D eigenvalue weighted by atomic mass is 16.1. The normalized spacial score (nSPS) is 11.5. The average Bonchev–Trinajstić information content (AvgIpc) is 2.03. The Morgan fingerprint density at radius 3 is 2.73 bits per heavy atom. The van der Waals surface area contributed by atoms with Gasteiger partial charge in [0.25, 0.3) is 0 Å². The molecule has 0 fully saturated rings. The summed E-state index contributed by atoms with van der Waals surface area (Å²) in [5.74, 6) is 5.80. The SMILES string of the molecule is CC#CCCC(=O)C(C)CN. The van der Waals surface area contributed by atoms with Crippen molar-refractivity contribution in [2.45, 2.75) is 26.7 Å². The molecule has 0 saturated heterocycles. The minimum absolute atomic E-state index is 0.00587. The standard InChI is InChI=1S/C9H15NO/c1-3-4-5-6-9(11)8(2)7-10/h8H,5-7,10H2,1-2H3. The Kier molecular flexibility index (Phi) is 5.50. The molecule has 0 aromatic heterocycles. The van der Waals surface area contributed by atoms with Crippen LogP contribution < -0.4 is 5.73 Å². The minimum atomic E-state index is -0.00587. The summed E-state index contributed by atoms with van der Waals surface area (Å²) in [6.07, 6.45) is 1.21. The van der Waals surface area contributed by atoms with Crippen molar-refractivity contribution in [2.75, 3.05) is 6.54 Å². The van der Waals surface area contributed by atoms with Gasteiger partial charge in [0.05, 0.1) is 0 Å². The first kappa shape index (κ1) is 10.2. The molecule has 0 aromatic rings. The van der Waals surface area contributed by atoms with Gasteiger partial charge in [-0.05, 0) is 6.92 Å². The summed E-state index contributed by atoms with van der Waals surface area (Å²) < 4.78 is 0. The van der Waals surface area contributed by atoms with Crippen LogP contribution in [0.25, 0.3) is 0 Å². The Labute approximate surface area is 68.2 Å². The molecule has 1 unspecified atom stereocenters. The van der Waals surface area contributed by atoms with E-state index in [-0.39, 0.29) is 11.7 Å². The molecule has 62 valence electrons. The lowest BCUT2D eigenvalue weighted by Crippen LogP contribution is -2.20. The second kappa shape index (κ2) is 5.94. The molecule has 0 amide bonds.